The molecule has 0 aromatic heterocycles. The Hall–Kier alpha value is -1.43. The molecule has 0 aliphatic rings. The van der Waals surface area contributed by atoms with Crippen LogP contribution < -0.4 is 0 Å². The Labute approximate surface area is 144 Å². The lowest BCUT2D eigenvalue weighted by Gasteiger charge is -2.32. The van der Waals surface area contributed by atoms with Gasteiger partial charge >= 0.3 is 12.4 Å². The maximum absolute atomic E-state index is 13.7. The summed E-state index contributed by atoms with van der Waals surface area (Å²) >= 11 is -0.0270. The molecule has 0 aliphatic carbocycles. The highest BCUT2D eigenvalue weighted by molar-refractivity contribution is 7.99. The van der Waals surface area contributed by atoms with E-state index in [-0.39, 0.29) is 11.8 Å². The third-order valence-corrected chi connectivity index (χ3v) is 4.47. The maximum atomic E-state index is 13.7. The van der Waals surface area contributed by atoms with Gasteiger partial charge < -0.3 is 5.11 Å². The van der Waals surface area contributed by atoms with Crippen LogP contribution in [0.25, 0.3) is 6.08 Å². The monoisotopic (exact) mass is 416 g/mol. The minimum atomic E-state index is -6.03. The zero-order valence-electron chi connectivity index (χ0n) is 12.5. The number of aliphatic hydroxyl groups is 1. The fourth-order valence-corrected chi connectivity index (χ4v) is 2.81. The average Bonchev–Trinajstić information content (AvgIpc) is 2.50. The van der Waals surface area contributed by atoms with E-state index in [0.717, 1.165) is 0 Å². The Morgan fingerprint density at radius 2 is 1.27 bits per heavy atom. The second-order valence-corrected chi connectivity index (χ2v) is 6.12. The molecule has 12 heteroatoms. The quantitative estimate of drug-likeness (QED) is 0.281. The van der Waals surface area contributed by atoms with E-state index in [0.29, 0.717) is 6.08 Å². The number of thioether (sulfide) groups is 1. The summed E-state index contributed by atoms with van der Waals surface area (Å²) in [5, 5.41) is 8.91. The van der Waals surface area contributed by atoms with Crippen LogP contribution in [0.4, 0.5) is 43.9 Å². The molecule has 1 aromatic carbocycles. The molecule has 1 nitrogen and oxygen atoms in total. The molecule has 1 rings (SSSR count). The molecule has 0 bridgehead atoms. The van der Waals surface area contributed by atoms with Gasteiger partial charge in [-0.1, -0.05) is 12.7 Å². The standard InChI is InChI=1S/C14H10F10OS/c1-2-6-7(15)9(17)11(10(18)8(6)16)26-5-3-4-12(25,13(19,20)21)14(22,23)24/h2,25H,1,3-5H2. The Balaban J connectivity index is 2.95. The van der Waals surface area contributed by atoms with Crippen LogP contribution in [0.2, 0.25) is 0 Å². The Kier molecular flexibility index (Phi) is 6.67. The predicted molar refractivity (Wildman–Crippen MR) is 73.4 cm³/mol. The van der Waals surface area contributed by atoms with Crippen LogP contribution in [-0.4, -0.2) is 28.8 Å². The van der Waals surface area contributed by atoms with Crippen molar-refractivity contribution < 1.29 is 49.0 Å². The summed E-state index contributed by atoms with van der Waals surface area (Å²) < 4.78 is 129. The fourth-order valence-electron chi connectivity index (χ4n) is 1.88. The first-order valence-corrected chi connectivity index (χ1v) is 7.64. The smallest absolute Gasteiger partial charge is 0.374 e. The van der Waals surface area contributed by atoms with E-state index in [9.17, 15) is 43.9 Å². The molecule has 0 amide bonds. The Morgan fingerprint density at radius 1 is 0.846 bits per heavy atom. The molecule has 1 aromatic rings. The highest BCUT2D eigenvalue weighted by Gasteiger charge is 2.69. The van der Waals surface area contributed by atoms with Crippen LogP contribution in [0.5, 0.6) is 0 Å². The molecule has 0 heterocycles. The van der Waals surface area contributed by atoms with Crippen LogP contribution in [0.3, 0.4) is 0 Å². The fraction of sp³-hybridized carbons (Fsp3) is 0.429. The van der Waals surface area contributed by atoms with Crippen LogP contribution in [0.15, 0.2) is 11.5 Å². The van der Waals surface area contributed by atoms with Crippen molar-refractivity contribution in [2.45, 2.75) is 35.7 Å². The van der Waals surface area contributed by atoms with Crippen molar-refractivity contribution in [2.24, 2.45) is 0 Å². The zero-order chi connectivity index (χ0) is 20.5. The summed E-state index contributed by atoms with van der Waals surface area (Å²) in [5.41, 5.74) is -6.12. The second kappa shape index (κ2) is 7.67. The number of rotatable bonds is 6. The Bertz CT molecular complexity index is 637. The lowest BCUT2D eigenvalue weighted by atomic mass is 9.97. The van der Waals surface area contributed by atoms with E-state index in [4.69, 9.17) is 5.11 Å². The van der Waals surface area contributed by atoms with Gasteiger partial charge in [-0.15, -0.1) is 11.8 Å². The van der Waals surface area contributed by atoms with Crippen LogP contribution in [0.1, 0.15) is 18.4 Å². The molecule has 0 saturated heterocycles. The van der Waals surface area contributed by atoms with Crippen molar-refractivity contribution in [3.8, 4) is 0 Å². The van der Waals surface area contributed by atoms with Gasteiger partial charge in [-0.25, -0.2) is 17.6 Å². The predicted octanol–water partition coefficient (Wildman–Crippen LogP) is 5.61. The first-order valence-electron chi connectivity index (χ1n) is 6.66. The third-order valence-electron chi connectivity index (χ3n) is 3.33. The zero-order valence-corrected chi connectivity index (χ0v) is 13.4. The lowest BCUT2D eigenvalue weighted by molar-refractivity contribution is -0.369. The summed E-state index contributed by atoms with van der Waals surface area (Å²) in [6, 6.07) is 0. The van der Waals surface area contributed by atoms with Crippen molar-refractivity contribution in [2.75, 3.05) is 5.75 Å². The topological polar surface area (TPSA) is 20.2 Å². The largest absolute Gasteiger partial charge is 0.426 e. The molecule has 0 spiro atoms. The van der Waals surface area contributed by atoms with E-state index < -0.39 is 70.3 Å². The molecule has 0 radical (unpaired) electrons. The van der Waals surface area contributed by atoms with Crippen molar-refractivity contribution in [3.63, 3.8) is 0 Å². The molecule has 0 unspecified atom stereocenters. The molecule has 26 heavy (non-hydrogen) atoms. The highest BCUT2D eigenvalue weighted by Crippen LogP contribution is 2.46. The van der Waals surface area contributed by atoms with Gasteiger partial charge in [0.1, 0.15) is 0 Å². The average molecular weight is 416 g/mol. The number of halogens is 10. The van der Waals surface area contributed by atoms with E-state index in [1.807, 2.05) is 0 Å². The second-order valence-electron chi connectivity index (χ2n) is 5.01. The van der Waals surface area contributed by atoms with Gasteiger partial charge in [0.15, 0.2) is 23.3 Å². The molecule has 1 N–H and O–H groups in total. The summed E-state index contributed by atoms with van der Waals surface area (Å²) in [5.74, 6) is -8.10. The van der Waals surface area contributed by atoms with Crippen molar-refractivity contribution in [1.82, 2.24) is 0 Å². The number of hydrogen-bond donors (Lipinski definition) is 1. The first-order chi connectivity index (χ1) is 11.7. The number of alkyl halides is 6. The van der Waals surface area contributed by atoms with Crippen LogP contribution in [0, 0.1) is 23.3 Å². The van der Waals surface area contributed by atoms with Crippen molar-refractivity contribution in [3.05, 3.63) is 35.4 Å². The van der Waals surface area contributed by atoms with Gasteiger partial charge in [-0.05, 0) is 18.6 Å². The van der Waals surface area contributed by atoms with Gasteiger partial charge in [0, 0.05) is 0 Å². The van der Waals surface area contributed by atoms with E-state index in [1.165, 1.54) is 0 Å². The molecule has 0 aliphatic heterocycles. The van der Waals surface area contributed by atoms with Gasteiger partial charge in [-0.3, -0.25) is 0 Å². The summed E-state index contributed by atoms with van der Waals surface area (Å²) in [7, 11) is 0. The number of hydrogen-bond acceptors (Lipinski definition) is 2. The van der Waals surface area contributed by atoms with E-state index >= 15 is 0 Å². The third kappa shape index (κ3) is 4.11. The highest BCUT2D eigenvalue weighted by atomic mass is 32.2. The number of benzene rings is 1. The molecule has 148 valence electrons. The van der Waals surface area contributed by atoms with Crippen LogP contribution >= 0.6 is 11.8 Å². The molecule has 0 saturated carbocycles. The minimum absolute atomic E-state index is 0.0270. The Morgan fingerprint density at radius 3 is 1.62 bits per heavy atom. The van der Waals surface area contributed by atoms with E-state index in [2.05, 4.69) is 6.58 Å². The molecule has 0 atom stereocenters. The summed E-state index contributed by atoms with van der Waals surface area (Å²) in [4.78, 5) is -1.24. The minimum Gasteiger partial charge on any atom is -0.374 e. The summed E-state index contributed by atoms with van der Waals surface area (Å²) in [6.07, 6.45) is -14.4. The van der Waals surface area contributed by atoms with Crippen molar-refractivity contribution in [1.29, 1.82) is 0 Å². The van der Waals surface area contributed by atoms with Gasteiger partial charge in [-0.2, -0.15) is 26.3 Å². The van der Waals surface area contributed by atoms with Gasteiger partial charge in [0.05, 0.1) is 10.5 Å². The van der Waals surface area contributed by atoms with Gasteiger partial charge in [0.2, 0.25) is 0 Å². The normalized spacial score (nSPS) is 13.2. The maximum Gasteiger partial charge on any atom is 0.426 e. The van der Waals surface area contributed by atoms with Crippen molar-refractivity contribution >= 4 is 17.8 Å². The molecular formula is C14H10F10OS. The first kappa shape index (κ1) is 22.6. The summed E-state index contributed by atoms with van der Waals surface area (Å²) in [6.45, 7) is 2.95. The molecular weight excluding hydrogens is 406 g/mol. The lowest BCUT2D eigenvalue weighted by Crippen LogP contribution is -2.56. The van der Waals surface area contributed by atoms with Crippen LogP contribution in [-0.2, 0) is 0 Å². The van der Waals surface area contributed by atoms with E-state index in [1.54, 1.807) is 0 Å². The van der Waals surface area contributed by atoms with Gasteiger partial charge in [0.25, 0.3) is 5.60 Å². The SMILES string of the molecule is C=Cc1c(F)c(F)c(SCCCC(O)(C(F)(F)F)C(F)(F)F)c(F)c1F. The molecule has 0 fully saturated rings.